The summed E-state index contributed by atoms with van der Waals surface area (Å²) in [6.07, 6.45) is 0. The lowest BCUT2D eigenvalue weighted by Gasteiger charge is -2.06. The van der Waals surface area contributed by atoms with Gasteiger partial charge < -0.3 is 5.32 Å². The fraction of sp³-hybridized carbons (Fsp3) is 0.0714. The molecule has 0 aromatic heterocycles. The van der Waals surface area contributed by atoms with Gasteiger partial charge in [-0.15, -0.1) is 0 Å². The molecule has 0 aliphatic carbocycles. The Hall–Kier alpha value is -1.51. The van der Waals surface area contributed by atoms with Crippen molar-refractivity contribution in [3.8, 4) is 0 Å². The molecular weight excluding hydrogens is 268 g/mol. The molecule has 0 saturated carbocycles. The van der Waals surface area contributed by atoms with Crippen molar-refractivity contribution in [2.75, 3.05) is 0 Å². The van der Waals surface area contributed by atoms with E-state index in [1.165, 1.54) is 0 Å². The molecule has 2 aromatic rings. The van der Waals surface area contributed by atoms with E-state index in [4.69, 9.17) is 23.2 Å². The third kappa shape index (κ3) is 3.49. The molecule has 0 fully saturated rings. The summed E-state index contributed by atoms with van der Waals surface area (Å²) in [5.74, 6) is -0.191. The number of carbonyl (C=O) groups excluding carboxylic acids is 1. The van der Waals surface area contributed by atoms with Gasteiger partial charge in [-0.3, -0.25) is 4.79 Å². The van der Waals surface area contributed by atoms with Crippen molar-refractivity contribution < 1.29 is 4.79 Å². The summed E-state index contributed by atoms with van der Waals surface area (Å²) in [6, 6.07) is 14.5. The molecule has 0 heterocycles. The Labute approximate surface area is 116 Å². The Balaban J connectivity index is 2.04. The lowest BCUT2D eigenvalue weighted by atomic mass is 9.88. The van der Waals surface area contributed by atoms with Crippen LogP contribution in [0.5, 0.6) is 0 Å². The van der Waals surface area contributed by atoms with Gasteiger partial charge in [0.05, 0.1) is 0 Å². The van der Waals surface area contributed by atoms with E-state index in [9.17, 15) is 4.79 Å². The zero-order chi connectivity index (χ0) is 13.0. The quantitative estimate of drug-likeness (QED) is 0.906. The van der Waals surface area contributed by atoms with E-state index in [0.29, 0.717) is 22.2 Å². The fourth-order valence-electron chi connectivity index (χ4n) is 1.57. The Morgan fingerprint density at radius 3 is 2.22 bits per heavy atom. The van der Waals surface area contributed by atoms with E-state index in [0.717, 1.165) is 5.56 Å². The van der Waals surface area contributed by atoms with Crippen molar-refractivity contribution in [1.29, 1.82) is 0 Å². The number of hydrogen-bond acceptors (Lipinski definition) is 1. The van der Waals surface area contributed by atoms with E-state index in [1.807, 2.05) is 30.3 Å². The Morgan fingerprint density at radius 1 is 1.00 bits per heavy atom. The lowest BCUT2D eigenvalue weighted by Crippen LogP contribution is -2.22. The average Bonchev–Trinajstić information content (AvgIpc) is 2.36. The largest absolute Gasteiger partial charge is 0.348 e. The molecule has 0 bridgehead atoms. The fourth-order valence-corrected chi connectivity index (χ4v) is 2.09. The molecule has 2 aromatic carbocycles. The van der Waals surface area contributed by atoms with E-state index in [1.54, 1.807) is 18.2 Å². The first-order valence-electron chi connectivity index (χ1n) is 5.43. The second kappa shape index (κ2) is 5.89. The van der Waals surface area contributed by atoms with Crippen molar-refractivity contribution in [3.05, 3.63) is 69.7 Å². The third-order valence-corrected chi connectivity index (χ3v) is 2.86. The molecule has 0 aliphatic heterocycles. The van der Waals surface area contributed by atoms with Crippen molar-refractivity contribution in [3.63, 3.8) is 0 Å². The SMILES string of the molecule is O=[11C](NCc1ccccc1)c1cc(Cl)cc(Cl)c1. The number of nitrogens with one attached hydrogen (secondary N) is 1. The minimum atomic E-state index is -0.191. The molecule has 0 unspecified atom stereocenters. The van der Waals surface area contributed by atoms with Gasteiger partial charge in [0.2, 0.25) is 0 Å². The minimum Gasteiger partial charge on any atom is -0.348 e. The standard InChI is InChI=1S/C14H11Cl2NO/c15-12-6-11(7-13(16)8-12)14(18)17-9-10-4-2-1-3-5-10/h1-8H,9H2,(H,17,18)/i14-1. The Kier molecular flexibility index (Phi) is 4.24. The summed E-state index contributed by atoms with van der Waals surface area (Å²) in [4.78, 5) is 11.9. The van der Waals surface area contributed by atoms with Gasteiger partial charge in [0, 0.05) is 22.2 Å². The van der Waals surface area contributed by atoms with Crippen LogP contribution in [0.4, 0.5) is 0 Å². The summed E-state index contributed by atoms with van der Waals surface area (Å²) in [5, 5.41) is 3.72. The van der Waals surface area contributed by atoms with Gasteiger partial charge >= 0.3 is 0 Å². The molecule has 2 rings (SSSR count). The van der Waals surface area contributed by atoms with Gasteiger partial charge in [0.15, 0.2) is 0 Å². The molecule has 0 aliphatic rings. The minimum absolute atomic E-state index is 0.191. The van der Waals surface area contributed by atoms with Crippen LogP contribution in [0.1, 0.15) is 15.9 Å². The second-order valence-electron chi connectivity index (χ2n) is 3.83. The second-order valence-corrected chi connectivity index (χ2v) is 4.70. The lowest BCUT2D eigenvalue weighted by molar-refractivity contribution is 0.0951. The van der Waals surface area contributed by atoms with Crippen LogP contribution >= 0.6 is 23.2 Å². The van der Waals surface area contributed by atoms with Crippen molar-refractivity contribution >= 4 is 29.1 Å². The van der Waals surface area contributed by atoms with Crippen molar-refractivity contribution in [2.45, 2.75) is 6.54 Å². The predicted molar refractivity (Wildman–Crippen MR) is 74.1 cm³/mol. The van der Waals surface area contributed by atoms with E-state index in [2.05, 4.69) is 5.32 Å². The number of halogens is 2. The maximum absolute atomic E-state index is 11.9. The van der Waals surface area contributed by atoms with Crippen LogP contribution in [0.15, 0.2) is 48.5 Å². The van der Waals surface area contributed by atoms with Crippen LogP contribution in [0.25, 0.3) is 0 Å². The first kappa shape index (κ1) is 12.9. The summed E-state index contributed by atoms with van der Waals surface area (Å²) >= 11 is 11.7. The van der Waals surface area contributed by atoms with Crippen molar-refractivity contribution in [2.24, 2.45) is 0 Å². The predicted octanol–water partition coefficient (Wildman–Crippen LogP) is 3.92. The molecular formula is C14H11Cl2NO. The number of hydrogen-bond donors (Lipinski definition) is 1. The zero-order valence-electron chi connectivity index (χ0n) is 9.49. The van der Waals surface area contributed by atoms with Gasteiger partial charge in [-0.2, -0.15) is 0 Å². The molecule has 0 spiro atoms. The van der Waals surface area contributed by atoms with Gasteiger partial charge in [0.25, 0.3) is 5.91 Å². The highest BCUT2D eigenvalue weighted by molar-refractivity contribution is 6.35. The van der Waals surface area contributed by atoms with Crippen LogP contribution in [-0.2, 0) is 6.54 Å². The summed E-state index contributed by atoms with van der Waals surface area (Å²) < 4.78 is 0. The number of amides is 1. The molecule has 1 N–H and O–H groups in total. The highest BCUT2D eigenvalue weighted by Gasteiger charge is 2.07. The summed E-state index contributed by atoms with van der Waals surface area (Å²) in [6.45, 7) is 0.476. The van der Waals surface area contributed by atoms with E-state index in [-0.39, 0.29) is 5.91 Å². The normalized spacial score (nSPS) is 10.1. The van der Waals surface area contributed by atoms with E-state index >= 15 is 0 Å². The molecule has 0 radical (unpaired) electrons. The number of rotatable bonds is 3. The van der Waals surface area contributed by atoms with Crippen LogP contribution in [0.3, 0.4) is 0 Å². The van der Waals surface area contributed by atoms with Crippen LogP contribution in [0.2, 0.25) is 10.0 Å². The number of carbonyl (C=O) groups is 1. The summed E-state index contributed by atoms with van der Waals surface area (Å²) in [7, 11) is 0. The van der Waals surface area contributed by atoms with E-state index < -0.39 is 0 Å². The highest BCUT2D eigenvalue weighted by atomic mass is 35.5. The monoisotopic (exact) mass is 278 g/mol. The topological polar surface area (TPSA) is 29.1 Å². The van der Waals surface area contributed by atoms with Crippen LogP contribution < -0.4 is 5.32 Å². The molecule has 92 valence electrons. The van der Waals surface area contributed by atoms with Gasteiger partial charge in [-0.25, -0.2) is 0 Å². The molecule has 1 amide bonds. The van der Waals surface area contributed by atoms with Crippen molar-refractivity contribution in [1.82, 2.24) is 5.32 Å². The van der Waals surface area contributed by atoms with Gasteiger partial charge in [-0.1, -0.05) is 53.5 Å². The third-order valence-electron chi connectivity index (χ3n) is 2.42. The first-order valence-corrected chi connectivity index (χ1v) is 6.19. The first-order chi connectivity index (χ1) is 8.65. The van der Waals surface area contributed by atoms with Crippen LogP contribution in [-0.4, -0.2) is 5.91 Å². The Bertz CT molecular complexity index is 535. The number of benzene rings is 2. The maximum Gasteiger partial charge on any atom is 0.251 e. The zero-order valence-corrected chi connectivity index (χ0v) is 11.0. The highest BCUT2D eigenvalue weighted by Crippen LogP contribution is 2.19. The molecule has 0 atom stereocenters. The molecule has 2 nitrogen and oxygen atoms in total. The smallest absolute Gasteiger partial charge is 0.251 e. The Morgan fingerprint density at radius 2 is 1.61 bits per heavy atom. The summed E-state index contributed by atoms with van der Waals surface area (Å²) in [5.41, 5.74) is 1.50. The van der Waals surface area contributed by atoms with Gasteiger partial charge in [-0.05, 0) is 23.8 Å². The van der Waals surface area contributed by atoms with Crippen LogP contribution in [0, 0.1) is 0 Å². The maximum atomic E-state index is 11.9. The molecule has 4 heteroatoms. The molecule has 18 heavy (non-hydrogen) atoms. The van der Waals surface area contributed by atoms with Gasteiger partial charge in [0.1, 0.15) is 0 Å². The average molecular weight is 279 g/mol. The molecule has 0 saturated heterocycles.